The van der Waals surface area contributed by atoms with Crippen molar-refractivity contribution >= 4 is 40.4 Å². The third-order valence-electron chi connectivity index (χ3n) is 4.84. The zero-order valence-corrected chi connectivity index (χ0v) is 19.6. The van der Waals surface area contributed by atoms with Crippen LogP contribution in [0.1, 0.15) is 21.6 Å². The number of aromatic nitrogens is 1. The van der Waals surface area contributed by atoms with Gasteiger partial charge in [0.25, 0.3) is 5.91 Å². The molecule has 0 aliphatic heterocycles. The molecule has 0 unspecified atom stereocenters. The number of hydrogen-bond acceptors (Lipinski definition) is 4. The van der Waals surface area contributed by atoms with Crippen LogP contribution in [0.5, 0.6) is 5.75 Å². The van der Waals surface area contributed by atoms with Crippen molar-refractivity contribution in [2.45, 2.75) is 13.2 Å². The van der Waals surface area contributed by atoms with Crippen LogP contribution < -0.4 is 4.74 Å². The lowest BCUT2D eigenvalue weighted by molar-refractivity contribution is 0.0780. The minimum Gasteiger partial charge on any atom is -0.489 e. The van der Waals surface area contributed by atoms with Gasteiger partial charge < -0.3 is 9.64 Å². The Labute approximate surface area is 201 Å². The molecule has 0 radical (unpaired) electrons. The lowest BCUT2D eigenvalue weighted by atomic mass is 10.2. The van der Waals surface area contributed by atoms with Crippen molar-refractivity contribution in [3.63, 3.8) is 0 Å². The van der Waals surface area contributed by atoms with Gasteiger partial charge in [-0.05, 0) is 42.0 Å². The number of rotatable bonds is 7. The molecule has 1 aromatic heterocycles. The van der Waals surface area contributed by atoms with Gasteiger partial charge in [-0.3, -0.25) is 4.79 Å². The van der Waals surface area contributed by atoms with E-state index >= 15 is 0 Å². The van der Waals surface area contributed by atoms with E-state index in [0.717, 1.165) is 27.4 Å². The molecule has 1 amide bonds. The van der Waals surface area contributed by atoms with Crippen molar-refractivity contribution < 1.29 is 9.53 Å². The van der Waals surface area contributed by atoms with E-state index in [1.165, 1.54) is 11.3 Å². The molecular weight excluding hydrogens is 463 g/mol. The Kier molecular flexibility index (Phi) is 7.10. The Balaban J connectivity index is 1.39. The third kappa shape index (κ3) is 5.49. The van der Waals surface area contributed by atoms with Gasteiger partial charge in [0.05, 0.1) is 0 Å². The van der Waals surface area contributed by atoms with E-state index in [1.54, 1.807) is 29.5 Å². The number of nitrogens with zero attached hydrogens (tertiary/aromatic N) is 2. The maximum absolute atomic E-state index is 12.7. The first-order valence-electron chi connectivity index (χ1n) is 9.91. The van der Waals surface area contributed by atoms with Gasteiger partial charge in [-0.2, -0.15) is 0 Å². The number of halogens is 2. The molecule has 0 bridgehead atoms. The highest BCUT2D eigenvalue weighted by Gasteiger charge is 2.16. The average molecular weight is 483 g/mol. The van der Waals surface area contributed by atoms with E-state index in [-0.39, 0.29) is 5.91 Å². The van der Waals surface area contributed by atoms with Crippen molar-refractivity contribution in [3.05, 3.63) is 105 Å². The van der Waals surface area contributed by atoms with Gasteiger partial charge in [-0.25, -0.2) is 4.98 Å². The summed E-state index contributed by atoms with van der Waals surface area (Å²) < 4.78 is 5.83. The second-order valence-electron chi connectivity index (χ2n) is 7.23. The number of amides is 1. The van der Waals surface area contributed by atoms with Crippen LogP contribution in [-0.4, -0.2) is 22.8 Å². The highest BCUT2D eigenvalue weighted by molar-refractivity contribution is 7.13. The molecule has 3 aromatic carbocycles. The SMILES string of the molecule is CN(Cc1ccccc1)C(=O)c1csc(-c2ccc(OCc3ccc(Cl)cc3Cl)cc2)n1. The van der Waals surface area contributed by atoms with Crippen molar-refractivity contribution in [1.29, 1.82) is 0 Å². The molecule has 0 saturated carbocycles. The van der Waals surface area contributed by atoms with Crippen LogP contribution in [0.3, 0.4) is 0 Å². The molecule has 4 rings (SSSR count). The predicted molar refractivity (Wildman–Crippen MR) is 131 cm³/mol. The first kappa shape index (κ1) is 22.3. The normalized spacial score (nSPS) is 10.7. The Morgan fingerprint density at radius 2 is 1.78 bits per heavy atom. The lowest BCUT2D eigenvalue weighted by Gasteiger charge is -2.15. The number of benzene rings is 3. The standard InChI is InChI=1S/C25H20Cl2N2O2S/c1-29(14-17-5-3-2-4-6-17)25(30)23-16-32-24(28-23)18-8-11-21(12-9-18)31-15-19-7-10-20(26)13-22(19)27/h2-13,16H,14-15H2,1H3. The molecule has 0 spiro atoms. The molecule has 0 N–H and O–H groups in total. The van der Waals surface area contributed by atoms with Crippen LogP contribution in [0, 0.1) is 0 Å². The fourth-order valence-corrected chi connectivity index (χ4v) is 4.39. The van der Waals surface area contributed by atoms with Gasteiger partial charge in [0.2, 0.25) is 0 Å². The number of thiazole rings is 1. The van der Waals surface area contributed by atoms with Crippen LogP contribution in [-0.2, 0) is 13.2 Å². The van der Waals surface area contributed by atoms with E-state index in [1.807, 2.05) is 60.7 Å². The molecule has 0 atom stereocenters. The molecule has 0 aliphatic carbocycles. The molecule has 4 aromatic rings. The van der Waals surface area contributed by atoms with Crippen molar-refractivity contribution in [2.24, 2.45) is 0 Å². The van der Waals surface area contributed by atoms with Gasteiger partial charge in [-0.15, -0.1) is 11.3 Å². The fourth-order valence-electron chi connectivity index (χ4n) is 3.12. The number of carbonyl (C=O) groups excluding carboxylic acids is 1. The van der Waals surface area contributed by atoms with E-state index in [0.29, 0.717) is 28.9 Å². The second kappa shape index (κ2) is 10.2. The molecule has 1 heterocycles. The van der Waals surface area contributed by atoms with Crippen LogP contribution in [0.15, 0.2) is 78.2 Å². The maximum atomic E-state index is 12.7. The highest BCUT2D eigenvalue weighted by atomic mass is 35.5. The molecule has 162 valence electrons. The highest BCUT2D eigenvalue weighted by Crippen LogP contribution is 2.27. The smallest absolute Gasteiger partial charge is 0.273 e. The molecule has 7 heteroatoms. The Hall–Kier alpha value is -2.86. The number of ether oxygens (including phenoxy) is 1. The Morgan fingerprint density at radius 3 is 2.50 bits per heavy atom. The largest absolute Gasteiger partial charge is 0.489 e. The zero-order chi connectivity index (χ0) is 22.5. The first-order valence-corrected chi connectivity index (χ1v) is 11.6. The van der Waals surface area contributed by atoms with Crippen LogP contribution in [0.2, 0.25) is 10.0 Å². The summed E-state index contributed by atoms with van der Waals surface area (Å²) in [6, 6.07) is 22.8. The predicted octanol–water partition coefficient (Wildman–Crippen LogP) is 6.97. The minimum absolute atomic E-state index is 0.101. The van der Waals surface area contributed by atoms with Crippen LogP contribution in [0.25, 0.3) is 10.6 Å². The summed E-state index contributed by atoms with van der Waals surface area (Å²) in [5.74, 6) is 0.617. The molecule has 32 heavy (non-hydrogen) atoms. The zero-order valence-electron chi connectivity index (χ0n) is 17.3. The quantitative estimate of drug-likeness (QED) is 0.285. The lowest BCUT2D eigenvalue weighted by Crippen LogP contribution is -2.26. The van der Waals surface area contributed by atoms with Crippen molar-refractivity contribution in [3.8, 4) is 16.3 Å². The summed E-state index contributed by atoms with van der Waals surface area (Å²) in [7, 11) is 1.79. The number of hydrogen-bond donors (Lipinski definition) is 0. The van der Waals surface area contributed by atoms with Crippen LogP contribution >= 0.6 is 34.5 Å². The fraction of sp³-hybridized carbons (Fsp3) is 0.120. The molecular formula is C25H20Cl2N2O2S. The average Bonchev–Trinajstić information content (AvgIpc) is 3.29. The van der Waals surface area contributed by atoms with E-state index in [9.17, 15) is 4.79 Å². The van der Waals surface area contributed by atoms with Gasteiger partial charge in [-0.1, -0.05) is 59.6 Å². The van der Waals surface area contributed by atoms with E-state index < -0.39 is 0 Å². The van der Waals surface area contributed by atoms with Crippen LogP contribution in [0.4, 0.5) is 0 Å². The van der Waals surface area contributed by atoms with E-state index in [4.69, 9.17) is 27.9 Å². The minimum atomic E-state index is -0.101. The molecule has 4 nitrogen and oxygen atoms in total. The number of carbonyl (C=O) groups is 1. The van der Waals surface area contributed by atoms with Crippen molar-refractivity contribution in [2.75, 3.05) is 7.05 Å². The maximum Gasteiger partial charge on any atom is 0.273 e. The molecule has 0 fully saturated rings. The summed E-state index contributed by atoms with van der Waals surface area (Å²) in [5.41, 5.74) is 3.31. The molecule has 0 aliphatic rings. The van der Waals surface area contributed by atoms with Gasteiger partial charge in [0.15, 0.2) is 0 Å². The first-order chi connectivity index (χ1) is 15.5. The summed E-state index contributed by atoms with van der Waals surface area (Å²) in [5, 5.41) is 3.75. The van der Waals surface area contributed by atoms with Gasteiger partial charge in [0.1, 0.15) is 23.1 Å². The summed E-state index contributed by atoms with van der Waals surface area (Å²) in [6.45, 7) is 0.884. The summed E-state index contributed by atoms with van der Waals surface area (Å²) >= 11 is 13.6. The topological polar surface area (TPSA) is 42.4 Å². The Morgan fingerprint density at radius 1 is 1.03 bits per heavy atom. The Bertz CT molecular complexity index is 1210. The summed E-state index contributed by atoms with van der Waals surface area (Å²) in [4.78, 5) is 19.0. The van der Waals surface area contributed by atoms with Gasteiger partial charge in [0, 0.05) is 40.1 Å². The van der Waals surface area contributed by atoms with Crippen molar-refractivity contribution in [1.82, 2.24) is 9.88 Å². The second-order valence-corrected chi connectivity index (χ2v) is 8.94. The van der Waals surface area contributed by atoms with E-state index in [2.05, 4.69) is 4.98 Å². The summed E-state index contributed by atoms with van der Waals surface area (Å²) in [6.07, 6.45) is 0. The monoisotopic (exact) mass is 482 g/mol. The third-order valence-corrected chi connectivity index (χ3v) is 6.32. The van der Waals surface area contributed by atoms with Gasteiger partial charge >= 0.3 is 0 Å². The molecule has 0 saturated heterocycles.